The summed E-state index contributed by atoms with van der Waals surface area (Å²) in [5.74, 6) is 0. The van der Waals surface area contributed by atoms with Crippen molar-refractivity contribution in [2.75, 3.05) is 0 Å². The van der Waals surface area contributed by atoms with Crippen molar-refractivity contribution in [2.45, 2.75) is 0 Å². The van der Waals surface area contributed by atoms with Crippen LogP contribution in [0.15, 0.2) is 83.3 Å². The van der Waals surface area contributed by atoms with Crippen molar-refractivity contribution in [3.8, 4) is 0 Å². The molecule has 0 aliphatic heterocycles. The minimum absolute atomic E-state index is 0.932. The van der Waals surface area contributed by atoms with Crippen molar-refractivity contribution in [1.82, 2.24) is 9.38 Å². The van der Waals surface area contributed by atoms with Crippen LogP contribution in [0.2, 0.25) is 0 Å². The lowest BCUT2D eigenvalue weighted by molar-refractivity contribution is 0.673. The predicted octanol–water partition coefficient (Wildman–Crippen LogP) is 7.22. The Morgan fingerprint density at radius 2 is 1.38 bits per heavy atom. The maximum Gasteiger partial charge on any atom is 0.161 e. The summed E-state index contributed by atoms with van der Waals surface area (Å²) in [4.78, 5) is 3.63. The van der Waals surface area contributed by atoms with E-state index < -0.39 is 0 Å². The Kier molecular flexibility index (Phi) is 2.20. The van der Waals surface area contributed by atoms with Crippen LogP contribution < -0.4 is 0 Å². The number of fused-ring (bicyclic) bond motifs is 8. The summed E-state index contributed by atoms with van der Waals surface area (Å²) in [6.45, 7) is 0. The molecule has 8 aromatic rings. The van der Waals surface area contributed by atoms with Crippen LogP contribution in [0.4, 0.5) is 0 Å². The molecule has 4 aromatic carbocycles. The Labute approximate surface area is 164 Å². The van der Waals surface area contributed by atoms with E-state index in [1.807, 2.05) is 6.07 Å². The Morgan fingerprint density at radius 1 is 0.586 bits per heavy atom. The SMILES string of the molecule is c1ccc2c(c1)oc1c3ccc4[nH]c5cccc6c7ccccc7n(c21)c3c4c56. The van der Waals surface area contributed by atoms with E-state index in [4.69, 9.17) is 4.42 Å². The average Bonchev–Trinajstić information content (AvgIpc) is 3.38. The Bertz CT molecular complexity index is 1910. The van der Waals surface area contributed by atoms with Crippen LogP contribution in [0.3, 0.4) is 0 Å². The van der Waals surface area contributed by atoms with Crippen LogP contribution in [-0.2, 0) is 0 Å². The highest BCUT2D eigenvalue weighted by Gasteiger charge is 2.23. The molecule has 0 saturated carbocycles. The van der Waals surface area contributed by atoms with Crippen molar-refractivity contribution >= 4 is 71.1 Å². The highest BCUT2D eigenvalue weighted by atomic mass is 16.3. The van der Waals surface area contributed by atoms with Gasteiger partial charge < -0.3 is 13.8 Å². The normalized spacial score (nSPS) is 12.8. The maximum absolute atomic E-state index is 6.39. The first-order chi connectivity index (χ1) is 14.4. The topological polar surface area (TPSA) is 33.3 Å². The van der Waals surface area contributed by atoms with Crippen LogP contribution in [0.5, 0.6) is 0 Å². The first-order valence-corrected chi connectivity index (χ1v) is 9.89. The van der Waals surface area contributed by atoms with Crippen LogP contribution >= 0.6 is 0 Å². The van der Waals surface area contributed by atoms with Gasteiger partial charge in [0.1, 0.15) is 11.1 Å². The van der Waals surface area contributed by atoms with Crippen molar-refractivity contribution < 1.29 is 4.42 Å². The Hall–Kier alpha value is -3.98. The Morgan fingerprint density at radius 3 is 2.34 bits per heavy atom. The molecule has 3 heteroatoms. The number of hydrogen-bond acceptors (Lipinski definition) is 1. The molecule has 0 atom stereocenters. The summed E-state index contributed by atoms with van der Waals surface area (Å²) in [5.41, 5.74) is 7.82. The molecule has 8 rings (SSSR count). The molecule has 3 nitrogen and oxygen atoms in total. The number of benzene rings is 4. The van der Waals surface area contributed by atoms with Gasteiger partial charge in [-0.3, -0.25) is 0 Å². The minimum Gasteiger partial charge on any atom is -0.454 e. The second-order valence-corrected chi connectivity index (χ2v) is 7.87. The largest absolute Gasteiger partial charge is 0.454 e. The van der Waals surface area contributed by atoms with Crippen LogP contribution in [0.25, 0.3) is 71.1 Å². The van der Waals surface area contributed by atoms with Crippen LogP contribution in [-0.4, -0.2) is 9.38 Å². The molecule has 0 bridgehead atoms. The fraction of sp³-hybridized carbons (Fsp3) is 0. The van der Waals surface area contributed by atoms with E-state index in [2.05, 4.69) is 82.2 Å². The number of aromatic amines is 1. The van der Waals surface area contributed by atoms with Gasteiger partial charge in [-0.15, -0.1) is 0 Å². The standard InChI is InChI=1S/C26H14N2O/c1-3-10-20-14(6-1)15-8-5-9-18-22(15)23-19(27-18)13-12-17-24(23)28(20)25-16-7-2-4-11-21(16)29-26(17)25/h1-13,27H. The molecule has 0 aliphatic rings. The number of hydrogen-bond donors (Lipinski definition) is 1. The van der Waals surface area contributed by atoms with Gasteiger partial charge in [0.15, 0.2) is 5.58 Å². The van der Waals surface area contributed by atoms with Crippen molar-refractivity contribution in [1.29, 1.82) is 0 Å². The van der Waals surface area contributed by atoms with Gasteiger partial charge in [-0.2, -0.15) is 0 Å². The molecule has 0 unspecified atom stereocenters. The molecule has 4 aromatic heterocycles. The van der Waals surface area contributed by atoms with Gasteiger partial charge >= 0.3 is 0 Å². The van der Waals surface area contributed by atoms with Crippen LogP contribution in [0.1, 0.15) is 0 Å². The molecule has 0 radical (unpaired) electrons. The maximum atomic E-state index is 6.39. The van der Waals surface area contributed by atoms with Crippen molar-refractivity contribution in [2.24, 2.45) is 0 Å². The number of rotatable bonds is 0. The smallest absolute Gasteiger partial charge is 0.161 e. The molecular formula is C26H14N2O. The molecule has 0 fully saturated rings. The summed E-state index contributed by atoms with van der Waals surface area (Å²) in [6, 6.07) is 28.0. The number of furan rings is 1. The number of aromatic nitrogens is 2. The summed E-state index contributed by atoms with van der Waals surface area (Å²) in [6.07, 6.45) is 0. The predicted molar refractivity (Wildman–Crippen MR) is 120 cm³/mol. The summed E-state index contributed by atoms with van der Waals surface area (Å²) in [7, 11) is 0. The molecule has 0 spiro atoms. The van der Waals surface area contributed by atoms with E-state index in [0.717, 1.165) is 27.5 Å². The van der Waals surface area contributed by atoms with Gasteiger partial charge in [-0.05, 0) is 41.8 Å². The van der Waals surface area contributed by atoms with Crippen LogP contribution in [0, 0.1) is 0 Å². The molecule has 0 aliphatic carbocycles. The molecule has 0 amide bonds. The number of H-pyrrole nitrogens is 1. The van der Waals surface area contributed by atoms with Gasteiger partial charge in [-0.25, -0.2) is 0 Å². The number of nitrogens with one attached hydrogen (secondary N) is 1. The molecule has 29 heavy (non-hydrogen) atoms. The first-order valence-electron chi connectivity index (χ1n) is 9.89. The van der Waals surface area contributed by atoms with E-state index in [1.54, 1.807) is 0 Å². The zero-order valence-corrected chi connectivity index (χ0v) is 15.4. The van der Waals surface area contributed by atoms with Gasteiger partial charge in [0.2, 0.25) is 0 Å². The van der Waals surface area contributed by atoms with Gasteiger partial charge in [0, 0.05) is 38.0 Å². The third-order valence-electron chi connectivity index (χ3n) is 6.46. The first kappa shape index (κ1) is 14.1. The summed E-state index contributed by atoms with van der Waals surface area (Å²) < 4.78 is 8.81. The van der Waals surface area contributed by atoms with E-state index in [0.29, 0.717) is 0 Å². The highest BCUT2D eigenvalue weighted by Crippen LogP contribution is 2.44. The van der Waals surface area contributed by atoms with Gasteiger partial charge in [0.05, 0.1) is 11.0 Å². The zero-order valence-electron chi connectivity index (χ0n) is 15.4. The Balaban J connectivity index is 1.92. The quantitative estimate of drug-likeness (QED) is 0.300. The third kappa shape index (κ3) is 1.47. The summed E-state index contributed by atoms with van der Waals surface area (Å²) >= 11 is 0. The van der Waals surface area contributed by atoms with Crippen molar-refractivity contribution in [3.63, 3.8) is 0 Å². The lowest BCUT2D eigenvalue weighted by atomic mass is 10.0. The van der Waals surface area contributed by atoms with Gasteiger partial charge in [0.25, 0.3) is 0 Å². The average molecular weight is 370 g/mol. The van der Waals surface area contributed by atoms with E-state index in [1.165, 1.54) is 43.6 Å². The highest BCUT2D eigenvalue weighted by molar-refractivity contribution is 6.33. The van der Waals surface area contributed by atoms with Crippen molar-refractivity contribution in [3.05, 3.63) is 78.9 Å². The fourth-order valence-electron chi connectivity index (χ4n) is 5.34. The zero-order chi connectivity index (χ0) is 18.7. The minimum atomic E-state index is 0.932. The van der Waals surface area contributed by atoms with E-state index in [-0.39, 0.29) is 0 Å². The second-order valence-electron chi connectivity index (χ2n) is 7.87. The number of para-hydroxylation sites is 2. The molecular weight excluding hydrogens is 356 g/mol. The second kappa shape index (κ2) is 4.53. The molecule has 134 valence electrons. The molecule has 4 heterocycles. The van der Waals surface area contributed by atoms with Gasteiger partial charge in [-0.1, -0.05) is 42.5 Å². The monoisotopic (exact) mass is 370 g/mol. The van der Waals surface area contributed by atoms with E-state index in [9.17, 15) is 0 Å². The molecule has 1 N–H and O–H groups in total. The third-order valence-corrected chi connectivity index (χ3v) is 6.46. The fourth-order valence-corrected chi connectivity index (χ4v) is 5.34. The lowest BCUT2D eigenvalue weighted by Crippen LogP contribution is -1.85. The number of nitrogens with zero attached hydrogens (tertiary/aromatic N) is 1. The van der Waals surface area contributed by atoms with E-state index >= 15 is 0 Å². The lowest BCUT2D eigenvalue weighted by Gasteiger charge is -2.01. The molecule has 0 saturated heterocycles. The summed E-state index contributed by atoms with van der Waals surface area (Å²) in [5, 5.41) is 7.42.